The zero-order valence-electron chi connectivity index (χ0n) is 20.4. The minimum absolute atomic E-state index is 0.136. The van der Waals surface area contributed by atoms with E-state index in [2.05, 4.69) is 9.88 Å². The molecule has 1 saturated heterocycles. The van der Waals surface area contributed by atoms with Crippen molar-refractivity contribution >= 4 is 23.8 Å². The van der Waals surface area contributed by atoms with E-state index in [0.717, 1.165) is 41.2 Å². The first-order chi connectivity index (χ1) is 17.5. The lowest BCUT2D eigenvalue weighted by molar-refractivity contribution is -0.148. The van der Waals surface area contributed by atoms with Gasteiger partial charge in [0.05, 0.1) is 13.2 Å². The van der Waals surface area contributed by atoms with Crippen molar-refractivity contribution in [2.24, 2.45) is 0 Å². The largest absolute Gasteiger partial charge is 0.480 e. The Morgan fingerprint density at radius 3 is 2.39 bits per heavy atom. The second-order valence-corrected chi connectivity index (χ2v) is 8.88. The van der Waals surface area contributed by atoms with E-state index < -0.39 is 12.0 Å². The molecule has 0 bridgehead atoms. The number of aromatic nitrogens is 1. The maximum Gasteiger partial charge on any atom is 0.326 e. The summed E-state index contributed by atoms with van der Waals surface area (Å²) in [6.45, 7) is 5.02. The van der Waals surface area contributed by atoms with Gasteiger partial charge in [0, 0.05) is 38.3 Å². The average Bonchev–Trinajstić information content (AvgIpc) is 2.91. The number of anilines is 1. The van der Waals surface area contributed by atoms with Gasteiger partial charge in [-0.1, -0.05) is 66.2 Å². The SMILES string of the molecule is Cc1ccc(C=CC(=O)N(Cc2ccc(N3CCOCC3)nc2)[C@@H](Cc2ccccc2)C(=O)O)cc1. The summed E-state index contributed by atoms with van der Waals surface area (Å²) >= 11 is 0. The fourth-order valence-corrected chi connectivity index (χ4v) is 4.14. The molecule has 36 heavy (non-hydrogen) atoms. The number of aryl methyl sites for hydroxylation is 1. The van der Waals surface area contributed by atoms with E-state index in [1.165, 1.54) is 11.0 Å². The molecule has 1 aliphatic heterocycles. The van der Waals surface area contributed by atoms with Gasteiger partial charge in [-0.05, 0) is 35.8 Å². The van der Waals surface area contributed by atoms with Crippen molar-refractivity contribution in [1.82, 2.24) is 9.88 Å². The maximum absolute atomic E-state index is 13.4. The highest BCUT2D eigenvalue weighted by molar-refractivity contribution is 5.94. The van der Waals surface area contributed by atoms with Crippen LogP contribution in [0.4, 0.5) is 5.82 Å². The molecular formula is C29H31N3O4. The zero-order valence-corrected chi connectivity index (χ0v) is 20.4. The predicted molar refractivity (Wildman–Crippen MR) is 140 cm³/mol. The first-order valence-electron chi connectivity index (χ1n) is 12.1. The van der Waals surface area contributed by atoms with Gasteiger partial charge in [0.25, 0.3) is 0 Å². The number of carboxylic acid groups (broad SMARTS) is 1. The van der Waals surface area contributed by atoms with Crippen molar-refractivity contribution in [3.05, 3.63) is 101 Å². The predicted octanol–water partition coefficient (Wildman–Crippen LogP) is 3.96. The molecule has 0 radical (unpaired) electrons. The van der Waals surface area contributed by atoms with Crippen LogP contribution in [0.15, 0.2) is 79.0 Å². The number of carbonyl (C=O) groups excluding carboxylic acids is 1. The summed E-state index contributed by atoms with van der Waals surface area (Å²) in [6.07, 6.45) is 5.09. The van der Waals surface area contributed by atoms with Gasteiger partial charge >= 0.3 is 5.97 Å². The maximum atomic E-state index is 13.4. The number of amides is 1. The molecule has 1 aliphatic rings. The molecule has 3 aromatic rings. The van der Waals surface area contributed by atoms with Gasteiger partial charge in [-0.3, -0.25) is 4.79 Å². The molecule has 4 rings (SSSR count). The number of rotatable bonds is 9. The molecule has 186 valence electrons. The number of nitrogens with zero attached hydrogens (tertiary/aromatic N) is 3. The molecule has 1 fully saturated rings. The van der Waals surface area contributed by atoms with Crippen LogP contribution in [-0.4, -0.2) is 59.2 Å². The summed E-state index contributed by atoms with van der Waals surface area (Å²) < 4.78 is 5.41. The zero-order chi connectivity index (χ0) is 25.3. The molecular weight excluding hydrogens is 454 g/mol. The summed E-state index contributed by atoms with van der Waals surface area (Å²) in [4.78, 5) is 33.9. The van der Waals surface area contributed by atoms with E-state index in [0.29, 0.717) is 13.2 Å². The van der Waals surface area contributed by atoms with E-state index in [1.807, 2.05) is 73.7 Å². The normalized spacial score (nSPS) is 14.5. The number of hydrogen-bond donors (Lipinski definition) is 1. The van der Waals surface area contributed by atoms with Gasteiger partial charge in [0.2, 0.25) is 5.91 Å². The topological polar surface area (TPSA) is 83.0 Å². The molecule has 1 amide bonds. The molecule has 0 saturated carbocycles. The third-order valence-corrected chi connectivity index (χ3v) is 6.21. The molecule has 0 unspecified atom stereocenters. The minimum atomic E-state index is -1.05. The van der Waals surface area contributed by atoms with Crippen LogP contribution >= 0.6 is 0 Å². The van der Waals surface area contributed by atoms with Crippen LogP contribution in [0.25, 0.3) is 6.08 Å². The van der Waals surface area contributed by atoms with Crippen LogP contribution < -0.4 is 4.90 Å². The molecule has 0 spiro atoms. The number of ether oxygens (including phenoxy) is 1. The van der Waals surface area contributed by atoms with E-state index in [-0.39, 0.29) is 18.9 Å². The number of carboxylic acids is 1. The van der Waals surface area contributed by atoms with Gasteiger partial charge in [-0.15, -0.1) is 0 Å². The van der Waals surface area contributed by atoms with Gasteiger partial charge in [-0.2, -0.15) is 0 Å². The quantitative estimate of drug-likeness (QED) is 0.462. The third kappa shape index (κ3) is 6.79. The third-order valence-electron chi connectivity index (χ3n) is 6.21. The smallest absolute Gasteiger partial charge is 0.326 e. The lowest BCUT2D eigenvalue weighted by atomic mass is 10.0. The van der Waals surface area contributed by atoms with Crippen molar-refractivity contribution in [3.63, 3.8) is 0 Å². The van der Waals surface area contributed by atoms with Crippen LogP contribution in [-0.2, 0) is 27.3 Å². The van der Waals surface area contributed by atoms with Crippen molar-refractivity contribution in [3.8, 4) is 0 Å². The molecule has 7 heteroatoms. The highest BCUT2D eigenvalue weighted by Gasteiger charge is 2.29. The Morgan fingerprint density at radius 2 is 1.75 bits per heavy atom. The van der Waals surface area contributed by atoms with E-state index in [9.17, 15) is 14.7 Å². The fourth-order valence-electron chi connectivity index (χ4n) is 4.14. The molecule has 1 aromatic heterocycles. The van der Waals surface area contributed by atoms with E-state index >= 15 is 0 Å². The van der Waals surface area contributed by atoms with Crippen molar-refractivity contribution < 1.29 is 19.4 Å². The average molecular weight is 486 g/mol. The van der Waals surface area contributed by atoms with Gasteiger partial charge in [0.1, 0.15) is 11.9 Å². The Labute approximate surface area is 211 Å². The Kier molecular flexibility index (Phi) is 8.47. The molecule has 1 atom stereocenters. The molecule has 0 aliphatic carbocycles. The van der Waals surface area contributed by atoms with E-state index in [1.54, 1.807) is 12.3 Å². The number of benzene rings is 2. The highest BCUT2D eigenvalue weighted by Crippen LogP contribution is 2.18. The lowest BCUT2D eigenvalue weighted by Gasteiger charge is -2.29. The van der Waals surface area contributed by atoms with Crippen LogP contribution in [0.1, 0.15) is 22.3 Å². The van der Waals surface area contributed by atoms with Gasteiger partial charge in [-0.25, -0.2) is 9.78 Å². The number of hydrogen-bond acceptors (Lipinski definition) is 5. The van der Waals surface area contributed by atoms with Crippen LogP contribution in [0.5, 0.6) is 0 Å². The van der Waals surface area contributed by atoms with Crippen molar-refractivity contribution in [2.75, 3.05) is 31.2 Å². The van der Waals surface area contributed by atoms with Crippen LogP contribution in [0.2, 0.25) is 0 Å². The molecule has 2 aromatic carbocycles. The van der Waals surface area contributed by atoms with Crippen LogP contribution in [0, 0.1) is 6.92 Å². The summed E-state index contributed by atoms with van der Waals surface area (Å²) in [5.41, 5.74) is 3.62. The summed E-state index contributed by atoms with van der Waals surface area (Å²) in [5, 5.41) is 10.1. The Balaban J connectivity index is 1.57. The van der Waals surface area contributed by atoms with Crippen molar-refractivity contribution in [1.29, 1.82) is 0 Å². The van der Waals surface area contributed by atoms with Gasteiger partial charge in [0.15, 0.2) is 0 Å². The minimum Gasteiger partial charge on any atom is -0.480 e. The first kappa shape index (κ1) is 25.1. The second-order valence-electron chi connectivity index (χ2n) is 8.88. The summed E-state index contributed by atoms with van der Waals surface area (Å²) in [6, 6.07) is 20.0. The molecule has 1 N–H and O–H groups in total. The number of aliphatic carboxylic acids is 1. The summed E-state index contributed by atoms with van der Waals surface area (Å²) in [7, 11) is 0. The first-order valence-corrected chi connectivity index (χ1v) is 12.1. The number of carbonyl (C=O) groups is 2. The fraction of sp³-hybridized carbons (Fsp3) is 0.276. The van der Waals surface area contributed by atoms with Crippen LogP contribution in [0.3, 0.4) is 0 Å². The number of morpholine rings is 1. The molecule has 2 heterocycles. The molecule has 7 nitrogen and oxygen atoms in total. The van der Waals surface area contributed by atoms with E-state index in [4.69, 9.17) is 4.74 Å². The number of pyridine rings is 1. The van der Waals surface area contributed by atoms with Gasteiger partial charge < -0.3 is 19.6 Å². The monoisotopic (exact) mass is 485 g/mol. The summed E-state index contributed by atoms with van der Waals surface area (Å²) in [5.74, 6) is -0.566. The van der Waals surface area contributed by atoms with Crippen molar-refractivity contribution in [2.45, 2.75) is 25.9 Å². The Hall–Kier alpha value is -3.97. The Bertz CT molecular complexity index is 1170. The second kappa shape index (κ2) is 12.1. The highest BCUT2D eigenvalue weighted by atomic mass is 16.5. The standard InChI is InChI=1S/C29H31N3O4/c1-22-7-9-23(10-8-22)12-14-28(33)32(26(29(34)35)19-24-5-3-2-4-6-24)21-25-11-13-27(30-20-25)31-15-17-36-18-16-31/h2-14,20,26H,15-19,21H2,1H3,(H,34,35)/t26-/m0/s1. The Morgan fingerprint density at radius 1 is 1.03 bits per heavy atom. The lowest BCUT2D eigenvalue weighted by Crippen LogP contribution is -2.45.